The van der Waals surface area contributed by atoms with Crippen LogP contribution in [0.3, 0.4) is 0 Å². The summed E-state index contributed by atoms with van der Waals surface area (Å²) in [5.74, 6) is 0.567. The first kappa shape index (κ1) is 13.2. The number of amides is 1. The van der Waals surface area contributed by atoms with Crippen molar-refractivity contribution in [1.82, 2.24) is 5.32 Å². The second kappa shape index (κ2) is 5.59. The first-order chi connectivity index (χ1) is 8.67. The lowest BCUT2D eigenvalue weighted by molar-refractivity contribution is -0.117. The third-order valence-electron chi connectivity index (χ3n) is 2.83. The first-order valence-corrected chi connectivity index (χ1v) is 6.55. The van der Waals surface area contributed by atoms with Crippen LogP contribution in [-0.4, -0.2) is 19.1 Å². The molecule has 0 aliphatic carbocycles. The monoisotopic (exact) mass is 268 g/mol. The van der Waals surface area contributed by atoms with E-state index < -0.39 is 0 Å². The fourth-order valence-corrected chi connectivity index (χ4v) is 2.25. The van der Waals surface area contributed by atoms with Gasteiger partial charge in [-0.05, 0) is 26.0 Å². The van der Waals surface area contributed by atoms with Crippen molar-refractivity contribution in [2.75, 3.05) is 18.5 Å². The van der Waals surface area contributed by atoms with E-state index in [9.17, 15) is 4.79 Å². The highest BCUT2D eigenvalue weighted by Crippen LogP contribution is 2.38. The van der Waals surface area contributed by atoms with Gasteiger partial charge in [-0.2, -0.15) is 0 Å². The average molecular weight is 269 g/mol. The van der Waals surface area contributed by atoms with Crippen LogP contribution in [0.15, 0.2) is 12.1 Å². The maximum Gasteiger partial charge on any atom is 0.246 e. The van der Waals surface area contributed by atoms with Gasteiger partial charge < -0.3 is 15.4 Å². The van der Waals surface area contributed by atoms with Crippen LogP contribution in [0.25, 0.3) is 0 Å². The van der Waals surface area contributed by atoms with Gasteiger partial charge >= 0.3 is 0 Å². The fourth-order valence-electron chi connectivity index (χ4n) is 2.02. The van der Waals surface area contributed by atoms with Crippen molar-refractivity contribution < 1.29 is 9.53 Å². The van der Waals surface area contributed by atoms with Gasteiger partial charge in [0.05, 0.1) is 11.6 Å². The largest absolute Gasteiger partial charge is 0.492 e. The predicted octanol–water partition coefficient (Wildman–Crippen LogP) is 2.73. The molecule has 0 bridgehead atoms. The van der Waals surface area contributed by atoms with Gasteiger partial charge in [0.2, 0.25) is 5.91 Å². The maximum atomic E-state index is 11.9. The van der Waals surface area contributed by atoms with Crippen LogP contribution in [-0.2, 0) is 4.79 Å². The minimum absolute atomic E-state index is 0.0387. The molecule has 0 spiro atoms. The molecule has 2 rings (SSSR count). The number of halogens is 1. The third-order valence-corrected chi connectivity index (χ3v) is 3.13. The predicted molar refractivity (Wildman–Crippen MR) is 72.3 cm³/mol. The minimum atomic E-state index is -0.312. The van der Waals surface area contributed by atoms with Crippen LogP contribution < -0.4 is 15.4 Å². The number of benzene rings is 1. The number of rotatable bonds is 5. The second-order valence-corrected chi connectivity index (χ2v) is 4.59. The van der Waals surface area contributed by atoms with Crippen LogP contribution >= 0.6 is 11.6 Å². The third kappa shape index (κ3) is 2.44. The van der Waals surface area contributed by atoms with Crippen LogP contribution in [0.4, 0.5) is 5.69 Å². The normalized spacial score (nSPS) is 17.5. The van der Waals surface area contributed by atoms with E-state index >= 15 is 0 Å². The zero-order valence-corrected chi connectivity index (χ0v) is 11.3. The van der Waals surface area contributed by atoms with E-state index in [4.69, 9.17) is 16.3 Å². The van der Waals surface area contributed by atoms with Crippen molar-refractivity contribution in [3.05, 3.63) is 22.7 Å². The number of fused-ring (bicyclic) bond motifs is 1. The lowest BCUT2D eigenvalue weighted by atomic mass is 10.1. The number of nitrogens with one attached hydrogen (secondary N) is 2. The molecular weight excluding hydrogens is 252 g/mol. The van der Waals surface area contributed by atoms with Crippen molar-refractivity contribution in [1.29, 1.82) is 0 Å². The van der Waals surface area contributed by atoms with Gasteiger partial charge in [0.25, 0.3) is 0 Å². The van der Waals surface area contributed by atoms with E-state index in [0.717, 1.165) is 24.2 Å². The molecule has 0 aromatic heterocycles. The molecule has 1 aliphatic heterocycles. The standard InChI is InChI=1S/C13H17ClN2O2/c1-3-5-15-12-8-6-9(14)11(18-4-2)7-10(8)16-13(12)17/h6-7,12,15H,3-5H2,1-2H3,(H,16,17). The molecule has 0 saturated heterocycles. The number of ether oxygens (including phenoxy) is 1. The highest BCUT2D eigenvalue weighted by atomic mass is 35.5. The summed E-state index contributed by atoms with van der Waals surface area (Å²) >= 11 is 6.14. The van der Waals surface area contributed by atoms with Crippen molar-refractivity contribution in [3.63, 3.8) is 0 Å². The Bertz CT molecular complexity index is 463. The van der Waals surface area contributed by atoms with Gasteiger partial charge in [-0.3, -0.25) is 4.79 Å². The summed E-state index contributed by atoms with van der Waals surface area (Å²) in [6.07, 6.45) is 0.976. The molecule has 0 saturated carbocycles. The zero-order valence-electron chi connectivity index (χ0n) is 10.5. The molecule has 1 heterocycles. The molecule has 4 nitrogen and oxygen atoms in total. The average Bonchev–Trinajstić information content (AvgIpc) is 2.63. The van der Waals surface area contributed by atoms with Gasteiger partial charge in [-0.15, -0.1) is 0 Å². The molecule has 0 fully saturated rings. The van der Waals surface area contributed by atoms with E-state index in [1.54, 1.807) is 12.1 Å². The molecule has 18 heavy (non-hydrogen) atoms. The van der Waals surface area contributed by atoms with E-state index in [1.165, 1.54) is 0 Å². The lowest BCUT2D eigenvalue weighted by Crippen LogP contribution is -2.27. The van der Waals surface area contributed by atoms with Crippen molar-refractivity contribution >= 4 is 23.2 Å². The van der Waals surface area contributed by atoms with Gasteiger partial charge in [0, 0.05) is 17.3 Å². The number of hydrogen-bond donors (Lipinski definition) is 2. The number of carbonyl (C=O) groups excluding carboxylic acids is 1. The second-order valence-electron chi connectivity index (χ2n) is 4.18. The summed E-state index contributed by atoms with van der Waals surface area (Å²) in [5, 5.41) is 6.58. The maximum absolute atomic E-state index is 11.9. The Kier molecular flexibility index (Phi) is 4.09. The molecule has 1 aliphatic rings. The van der Waals surface area contributed by atoms with Gasteiger partial charge in [0.15, 0.2) is 0 Å². The van der Waals surface area contributed by atoms with Crippen LogP contribution in [0.5, 0.6) is 5.75 Å². The molecule has 1 atom stereocenters. The molecule has 1 amide bonds. The van der Waals surface area contributed by atoms with E-state index in [1.807, 2.05) is 6.92 Å². The molecule has 2 N–H and O–H groups in total. The van der Waals surface area contributed by atoms with Crippen molar-refractivity contribution in [2.45, 2.75) is 26.3 Å². The Morgan fingerprint density at radius 1 is 1.44 bits per heavy atom. The molecule has 98 valence electrons. The minimum Gasteiger partial charge on any atom is -0.492 e. The van der Waals surface area contributed by atoms with Gasteiger partial charge in [0.1, 0.15) is 11.8 Å². The fraction of sp³-hybridized carbons (Fsp3) is 0.462. The van der Waals surface area contributed by atoms with E-state index in [-0.39, 0.29) is 11.9 Å². The number of anilines is 1. The molecule has 5 heteroatoms. The summed E-state index contributed by atoms with van der Waals surface area (Å²) in [5.41, 5.74) is 1.67. The Hall–Kier alpha value is -1.26. The Morgan fingerprint density at radius 2 is 2.22 bits per heavy atom. The van der Waals surface area contributed by atoms with Crippen LogP contribution in [0.1, 0.15) is 31.9 Å². The van der Waals surface area contributed by atoms with E-state index in [2.05, 4.69) is 17.6 Å². The van der Waals surface area contributed by atoms with Crippen molar-refractivity contribution in [2.24, 2.45) is 0 Å². The summed E-state index contributed by atoms with van der Waals surface area (Å²) in [7, 11) is 0. The van der Waals surface area contributed by atoms with E-state index in [0.29, 0.717) is 17.4 Å². The topological polar surface area (TPSA) is 50.4 Å². The summed E-state index contributed by atoms with van der Waals surface area (Å²) in [6.45, 7) is 5.30. The summed E-state index contributed by atoms with van der Waals surface area (Å²) in [6, 6.07) is 3.27. The Morgan fingerprint density at radius 3 is 2.89 bits per heavy atom. The highest BCUT2D eigenvalue weighted by Gasteiger charge is 2.31. The smallest absolute Gasteiger partial charge is 0.246 e. The summed E-state index contributed by atoms with van der Waals surface area (Å²) < 4.78 is 5.41. The van der Waals surface area contributed by atoms with Crippen LogP contribution in [0, 0.1) is 0 Å². The molecular formula is C13H17ClN2O2. The highest BCUT2D eigenvalue weighted by molar-refractivity contribution is 6.32. The lowest BCUT2D eigenvalue weighted by Gasteiger charge is -2.12. The molecule has 1 unspecified atom stereocenters. The Labute approximate surface area is 112 Å². The molecule has 0 radical (unpaired) electrons. The summed E-state index contributed by atoms with van der Waals surface area (Å²) in [4.78, 5) is 11.9. The zero-order chi connectivity index (χ0) is 13.1. The SMILES string of the molecule is CCCNC1C(=O)Nc2cc(OCC)c(Cl)cc21. The van der Waals surface area contributed by atoms with Gasteiger partial charge in [-0.1, -0.05) is 18.5 Å². The first-order valence-electron chi connectivity index (χ1n) is 6.17. The molecule has 1 aromatic carbocycles. The van der Waals surface area contributed by atoms with Gasteiger partial charge in [-0.25, -0.2) is 0 Å². The Balaban J connectivity index is 2.29. The van der Waals surface area contributed by atoms with Crippen molar-refractivity contribution in [3.8, 4) is 5.75 Å². The number of hydrogen-bond acceptors (Lipinski definition) is 3. The molecule has 1 aromatic rings. The quantitative estimate of drug-likeness (QED) is 0.863. The number of carbonyl (C=O) groups is 1. The van der Waals surface area contributed by atoms with Crippen LogP contribution in [0.2, 0.25) is 5.02 Å².